The van der Waals surface area contributed by atoms with Gasteiger partial charge in [-0.05, 0) is 61.4 Å². The molecule has 4 heteroatoms. The Morgan fingerprint density at radius 1 is 1.08 bits per heavy atom. The number of ether oxygens (including phenoxy) is 2. The van der Waals surface area contributed by atoms with Crippen molar-refractivity contribution in [2.45, 2.75) is 45.3 Å². The monoisotopic (exact) mass is 353 g/mol. The van der Waals surface area contributed by atoms with Crippen molar-refractivity contribution in [3.8, 4) is 5.75 Å². The van der Waals surface area contributed by atoms with E-state index in [2.05, 4.69) is 17.4 Å². The van der Waals surface area contributed by atoms with Gasteiger partial charge in [0.15, 0.2) is 6.10 Å². The first-order valence-electron chi connectivity index (χ1n) is 9.40. The van der Waals surface area contributed by atoms with Crippen LogP contribution in [0.5, 0.6) is 5.75 Å². The number of hydrogen-bond donors (Lipinski definition) is 1. The standard InChI is InChI=1S/C22H27NO3/c1-17(26-21-12-11-19-9-5-6-10-20(19)15-21)22(24)23-13-14-25-16-18-7-3-2-4-8-18/h2-4,7-8,11-12,15,17H,5-6,9-10,13-14,16H2,1H3,(H,23,24). The van der Waals surface area contributed by atoms with Crippen molar-refractivity contribution >= 4 is 5.91 Å². The van der Waals surface area contributed by atoms with E-state index >= 15 is 0 Å². The third kappa shape index (κ3) is 5.33. The van der Waals surface area contributed by atoms with E-state index in [0.717, 1.165) is 24.2 Å². The molecule has 4 nitrogen and oxygen atoms in total. The zero-order valence-electron chi connectivity index (χ0n) is 15.4. The van der Waals surface area contributed by atoms with Gasteiger partial charge in [0, 0.05) is 6.54 Å². The zero-order chi connectivity index (χ0) is 18.2. The lowest BCUT2D eigenvalue weighted by Crippen LogP contribution is -2.38. The Kier molecular flexibility index (Phi) is 6.67. The molecule has 1 aliphatic carbocycles. The normalized spacial score (nSPS) is 14.3. The molecule has 0 bridgehead atoms. The highest BCUT2D eigenvalue weighted by Gasteiger charge is 2.16. The van der Waals surface area contributed by atoms with Gasteiger partial charge in [0.2, 0.25) is 0 Å². The predicted octanol–water partition coefficient (Wildman–Crippen LogP) is 3.67. The van der Waals surface area contributed by atoms with Gasteiger partial charge < -0.3 is 14.8 Å². The molecule has 1 atom stereocenters. The topological polar surface area (TPSA) is 47.6 Å². The van der Waals surface area contributed by atoms with Crippen LogP contribution >= 0.6 is 0 Å². The Bertz CT molecular complexity index is 715. The van der Waals surface area contributed by atoms with Gasteiger partial charge in [-0.2, -0.15) is 0 Å². The van der Waals surface area contributed by atoms with E-state index in [-0.39, 0.29) is 5.91 Å². The van der Waals surface area contributed by atoms with Crippen molar-refractivity contribution in [1.82, 2.24) is 5.32 Å². The second-order valence-electron chi connectivity index (χ2n) is 6.73. The summed E-state index contributed by atoms with van der Waals surface area (Å²) in [4.78, 5) is 12.2. The van der Waals surface area contributed by atoms with Gasteiger partial charge in [-0.3, -0.25) is 4.79 Å². The molecule has 0 heterocycles. The van der Waals surface area contributed by atoms with E-state index < -0.39 is 6.10 Å². The first-order chi connectivity index (χ1) is 12.7. The van der Waals surface area contributed by atoms with Gasteiger partial charge in [0.1, 0.15) is 5.75 Å². The Labute approximate surface area is 155 Å². The van der Waals surface area contributed by atoms with Gasteiger partial charge in [-0.1, -0.05) is 36.4 Å². The first-order valence-corrected chi connectivity index (χ1v) is 9.40. The third-order valence-electron chi connectivity index (χ3n) is 4.66. The van der Waals surface area contributed by atoms with Crippen LogP contribution in [0, 0.1) is 0 Å². The second-order valence-corrected chi connectivity index (χ2v) is 6.73. The molecular formula is C22H27NO3. The SMILES string of the molecule is CC(Oc1ccc2c(c1)CCCC2)C(=O)NCCOCc1ccccc1. The largest absolute Gasteiger partial charge is 0.481 e. The van der Waals surface area contributed by atoms with Crippen LogP contribution in [0.2, 0.25) is 0 Å². The minimum atomic E-state index is -0.522. The molecule has 1 aliphatic rings. The van der Waals surface area contributed by atoms with E-state index in [4.69, 9.17) is 9.47 Å². The summed E-state index contributed by atoms with van der Waals surface area (Å²) in [5.41, 5.74) is 3.90. The number of rotatable bonds is 8. The summed E-state index contributed by atoms with van der Waals surface area (Å²) in [6, 6.07) is 16.2. The lowest BCUT2D eigenvalue weighted by Gasteiger charge is -2.19. The summed E-state index contributed by atoms with van der Waals surface area (Å²) >= 11 is 0. The van der Waals surface area contributed by atoms with Gasteiger partial charge >= 0.3 is 0 Å². The number of fused-ring (bicyclic) bond motifs is 1. The van der Waals surface area contributed by atoms with Crippen molar-refractivity contribution in [2.24, 2.45) is 0 Å². The minimum absolute atomic E-state index is 0.119. The van der Waals surface area contributed by atoms with Crippen LogP contribution in [-0.4, -0.2) is 25.2 Å². The molecule has 1 unspecified atom stereocenters. The molecule has 138 valence electrons. The highest BCUT2D eigenvalue weighted by Crippen LogP contribution is 2.25. The van der Waals surface area contributed by atoms with Crippen LogP contribution in [0.1, 0.15) is 36.5 Å². The highest BCUT2D eigenvalue weighted by molar-refractivity contribution is 5.80. The fourth-order valence-electron chi connectivity index (χ4n) is 3.20. The highest BCUT2D eigenvalue weighted by atomic mass is 16.5. The van der Waals surface area contributed by atoms with E-state index in [1.165, 1.54) is 24.0 Å². The molecule has 2 aromatic carbocycles. The molecule has 0 aromatic heterocycles. The van der Waals surface area contributed by atoms with Crippen LogP contribution in [0.4, 0.5) is 0 Å². The van der Waals surface area contributed by atoms with E-state index in [1.54, 1.807) is 6.92 Å². The third-order valence-corrected chi connectivity index (χ3v) is 4.66. The molecule has 0 fully saturated rings. The average molecular weight is 353 g/mol. The number of nitrogens with one attached hydrogen (secondary N) is 1. The Morgan fingerprint density at radius 3 is 2.65 bits per heavy atom. The molecule has 2 aromatic rings. The first kappa shape index (κ1) is 18.5. The molecule has 1 amide bonds. The van der Waals surface area contributed by atoms with E-state index in [9.17, 15) is 4.79 Å². The van der Waals surface area contributed by atoms with Crippen molar-refractivity contribution < 1.29 is 14.3 Å². The van der Waals surface area contributed by atoms with Crippen LogP contribution < -0.4 is 10.1 Å². The fraction of sp³-hybridized carbons (Fsp3) is 0.409. The molecule has 0 aliphatic heterocycles. The molecule has 0 radical (unpaired) electrons. The maximum Gasteiger partial charge on any atom is 0.260 e. The van der Waals surface area contributed by atoms with E-state index in [1.807, 2.05) is 36.4 Å². The number of amides is 1. The number of benzene rings is 2. The molecular weight excluding hydrogens is 326 g/mol. The molecule has 26 heavy (non-hydrogen) atoms. The summed E-state index contributed by atoms with van der Waals surface area (Å²) in [5.74, 6) is 0.652. The summed E-state index contributed by atoms with van der Waals surface area (Å²) in [7, 11) is 0. The van der Waals surface area contributed by atoms with Crippen molar-refractivity contribution in [3.63, 3.8) is 0 Å². The van der Waals surface area contributed by atoms with Crippen LogP contribution in [0.3, 0.4) is 0 Å². The number of carbonyl (C=O) groups excluding carboxylic acids is 1. The number of aryl methyl sites for hydroxylation is 2. The van der Waals surface area contributed by atoms with Gasteiger partial charge in [-0.15, -0.1) is 0 Å². The number of hydrogen-bond acceptors (Lipinski definition) is 3. The summed E-state index contributed by atoms with van der Waals surface area (Å²) in [5, 5.41) is 2.86. The average Bonchev–Trinajstić information content (AvgIpc) is 2.68. The lowest BCUT2D eigenvalue weighted by molar-refractivity contribution is -0.127. The zero-order valence-corrected chi connectivity index (χ0v) is 15.4. The smallest absolute Gasteiger partial charge is 0.260 e. The summed E-state index contributed by atoms with van der Waals surface area (Å²) < 4.78 is 11.4. The van der Waals surface area contributed by atoms with Gasteiger partial charge in [0.25, 0.3) is 5.91 Å². The molecule has 0 saturated heterocycles. The van der Waals surface area contributed by atoms with Crippen molar-refractivity contribution in [3.05, 3.63) is 65.2 Å². The predicted molar refractivity (Wildman–Crippen MR) is 102 cm³/mol. The maximum absolute atomic E-state index is 12.2. The van der Waals surface area contributed by atoms with Crippen LogP contribution in [0.25, 0.3) is 0 Å². The van der Waals surface area contributed by atoms with Crippen molar-refractivity contribution in [1.29, 1.82) is 0 Å². The molecule has 0 spiro atoms. The molecule has 3 rings (SSSR count). The Morgan fingerprint density at radius 2 is 1.85 bits per heavy atom. The summed E-state index contributed by atoms with van der Waals surface area (Å²) in [6.07, 6.45) is 4.22. The van der Waals surface area contributed by atoms with Crippen LogP contribution in [0.15, 0.2) is 48.5 Å². The Hall–Kier alpha value is -2.33. The molecule has 0 saturated carbocycles. The maximum atomic E-state index is 12.2. The Balaban J connectivity index is 1.38. The van der Waals surface area contributed by atoms with E-state index in [0.29, 0.717) is 19.8 Å². The minimum Gasteiger partial charge on any atom is -0.481 e. The fourth-order valence-corrected chi connectivity index (χ4v) is 3.20. The van der Waals surface area contributed by atoms with Gasteiger partial charge in [0.05, 0.1) is 13.2 Å². The lowest BCUT2D eigenvalue weighted by atomic mass is 9.92. The van der Waals surface area contributed by atoms with Gasteiger partial charge in [-0.25, -0.2) is 0 Å². The quantitative estimate of drug-likeness (QED) is 0.737. The van der Waals surface area contributed by atoms with Crippen molar-refractivity contribution in [2.75, 3.05) is 13.2 Å². The summed E-state index contributed by atoms with van der Waals surface area (Å²) in [6.45, 7) is 3.28. The number of carbonyl (C=O) groups is 1. The second kappa shape index (κ2) is 9.39. The van der Waals surface area contributed by atoms with Crippen LogP contribution in [-0.2, 0) is 29.0 Å². The molecule has 1 N–H and O–H groups in total.